The van der Waals surface area contributed by atoms with E-state index < -0.39 is 5.54 Å². The fourth-order valence-corrected chi connectivity index (χ4v) is 4.16. The Bertz CT molecular complexity index is 852. The van der Waals surface area contributed by atoms with Crippen molar-refractivity contribution < 1.29 is 14.3 Å². The van der Waals surface area contributed by atoms with Crippen LogP contribution in [0.1, 0.15) is 38.2 Å². The molecule has 2 aromatic rings. The van der Waals surface area contributed by atoms with Gasteiger partial charge in [0.15, 0.2) is 0 Å². The van der Waals surface area contributed by atoms with Gasteiger partial charge in [-0.1, -0.05) is 56.2 Å². The first kappa shape index (κ1) is 17.6. The molecule has 1 saturated carbocycles. The van der Waals surface area contributed by atoms with E-state index in [4.69, 9.17) is 4.74 Å². The van der Waals surface area contributed by atoms with Crippen LogP contribution in [0.3, 0.4) is 0 Å². The van der Waals surface area contributed by atoms with Crippen molar-refractivity contribution in [3.63, 3.8) is 0 Å². The van der Waals surface area contributed by atoms with Crippen molar-refractivity contribution in [2.75, 3.05) is 0 Å². The van der Waals surface area contributed by atoms with Crippen LogP contribution in [0, 0.1) is 5.92 Å². The molecule has 1 spiro atoms. The van der Waals surface area contributed by atoms with E-state index in [1.807, 2.05) is 54.6 Å². The first-order chi connectivity index (χ1) is 13.1. The van der Waals surface area contributed by atoms with Crippen molar-refractivity contribution in [1.29, 1.82) is 0 Å². The summed E-state index contributed by atoms with van der Waals surface area (Å²) in [5.74, 6) is 1.43. The maximum atomic E-state index is 13.2. The summed E-state index contributed by atoms with van der Waals surface area (Å²) < 4.78 is 5.98. The molecule has 1 heterocycles. The van der Waals surface area contributed by atoms with E-state index >= 15 is 0 Å². The minimum Gasteiger partial charge on any atom is -0.457 e. The van der Waals surface area contributed by atoms with Gasteiger partial charge in [-0.15, -0.1) is 0 Å². The lowest BCUT2D eigenvalue weighted by Gasteiger charge is -2.36. The number of ether oxygens (including phenoxy) is 1. The summed E-state index contributed by atoms with van der Waals surface area (Å²) in [5, 5.41) is 3.00. The molecule has 1 saturated heterocycles. The molecule has 4 rings (SSSR count). The Labute approximate surface area is 159 Å². The third-order valence-electron chi connectivity index (χ3n) is 5.77. The van der Waals surface area contributed by atoms with Crippen molar-refractivity contribution >= 4 is 11.9 Å². The number of urea groups is 1. The van der Waals surface area contributed by atoms with Gasteiger partial charge in [0.2, 0.25) is 0 Å². The molecule has 5 heteroatoms. The second-order valence-electron chi connectivity index (χ2n) is 7.46. The van der Waals surface area contributed by atoms with Crippen LogP contribution in [-0.4, -0.2) is 22.4 Å². The van der Waals surface area contributed by atoms with Crippen LogP contribution in [-0.2, 0) is 11.3 Å². The molecule has 2 fully saturated rings. The molecular weight excluding hydrogens is 340 g/mol. The Kier molecular flexibility index (Phi) is 4.60. The van der Waals surface area contributed by atoms with E-state index in [-0.39, 0.29) is 24.4 Å². The van der Waals surface area contributed by atoms with E-state index in [2.05, 4.69) is 12.2 Å². The Morgan fingerprint density at radius 2 is 1.81 bits per heavy atom. The van der Waals surface area contributed by atoms with Crippen LogP contribution in [0.15, 0.2) is 54.6 Å². The number of nitrogens with zero attached hydrogens (tertiary/aromatic N) is 1. The molecule has 1 aliphatic carbocycles. The first-order valence-electron chi connectivity index (χ1n) is 9.55. The molecule has 1 N–H and O–H groups in total. The molecule has 27 heavy (non-hydrogen) atoms. The van der Waals surface area contributed by atoms with Gasteiger partial charge in [-0.2, -0.15) is 0 Å². The number of rotatable bonds is 4. The highest BCUT2D eigenvalue weighted by atomic mass is 16.5. The molecule has 0 unspecified atom stereocenters. The summed E-state index contributed by atoms with van der Waals surface area (Å²) in [4.78, 5) is 27.2. The van der Waals surface area contributed by atoms with Gasteiger partial charge in [0, 0.05) is 5.56 Å². The second-order valence-corrected chi connectivity index (χ2v) is 7.46. The molecule has 2 aromatic carbocycles. The van der Waals surface area contributed by atoms with Crippen molar-refractivity contribution in [2.24, 2.45) is 5.92 Å². The zero-order chi connectivity index (χ0) is 18.9. The molecule has 1 aliphatic heterocycles. The molecule has 2 atom stereocenters. The van der Waals surface area contributed by atoms with Crippen LogP contribution >= 0.6 is 0 Å². The number of imide groups is 1. The molecule has 0 aromatic heterocycles. The average molecular weight is 364 g/mol. The zero-order valence-corrected chi connectivity index (χ0v) is 15.5. The number of carbonyl (C=O) groups excluding carboxylic acids is 2. The number of benzene rings is 2. The lowest BCUT2D eigenvalue weighted by atomic mass is 9.73. The number of hydrogen-bond donors (Lipinski definition) is 1. The summed E-state index contributed by atoms with van der Waals surface area (Å²) in [7, 11) is 0. The van der Waals surface area contributed by atoms with Gasteiger partial charge in [0.25, 0.3) is 5.91 Å². The van der Waals surface area contributed by atoms with Crippen LogP contribution in [0.2, 0.25) is 0 Å². The molecule has 0 bridgehead atoms. The Hall–Kier alpha value is -2.82. The normalized spacial score (nSPS) is 24.9. The first-order valence-corrected chi connectivity index (χ1v) is 9.55. The summed E-state index contributed by atoms with van der Waals surface area (Å²) in [5.41, 5.74) is 0.0789. The number of hydrogen-bond acceptors (Lipinski definition) is 3. The third kappa shape index (κ3) is 3.18. The van der Waals surface area contributed by atoms with E-state index in [1.54, 1.807) is 0 Å². The summed E-state index contributed by atoms with van der Waals surface area (Å²) >= 11 is 0. The van der Waals surface area contributed by atoms with E-state index in [0.29, 0.717) is 5.75 Å². The zero-order valence-electron chi connectivity index (χ0n) is 15.5. The summed E-state index contributed by atoms with van der Waals surface area (Å²) in [6.45, 7) is 2.27. The van der Waals surface area contributed by atoms with Crippen molar-refractivity contribution in [1.82, 2.24) is 10.2 Å². The molecule has 0 radical (unpaired) electrons. The predicted molar refractivity (Wildman–Crippen MR) is 102 cm³/mol. The topological polar surface area (TPSA) is 58.6 Å². The van der Waals surface area contributed by atoms with Gasteiger partial charge in [-0.3, -0.25) is 9.69 Å². The average Bonchev–Trinajstić information content (AvgIpc) is 2.91. The molecule has 2 aliphatic rings. The minimum absolute atomic E-state index is 0.103. The molecular formula is C22H24N2O3. The van der Waals surface area contributed by atoms with Crippen LogP contribution in [0.4, 0.5) is 4.79 Å². The highest BCUT2D eigenvalue weighted by molar-refractivity contribution is 6.07. The van der Waals surface area contributed by atoms with Gasteiger partial charge in [0.05, 0.1) is 6.54 Å². The standard InChI is InChI=1S/C22H24N2O3/c1-16-9-7-8-14-22(16)20(25)24(21(26)23-22)15-17-10-5-6-13-19(17)27-18-11-3-2-4-12-18/h2-6,10-13,16H,7-9,14-15H2,1H3,(H,23,26)/t16-,22-/m0/s1. The second kappa shape index (κ2) is 7.06. The number of amides is 3. The quantitative estimate of drug-likeness (QED) is 0.814. The number of nitrogens with one attached hydrogen (secondary N) is 1. The van der Waals surface area contributed by atoms with Gasteiger partial charge in [0.1, 0.15) is 17.0 Å². The highest BCUT2D eigenvalue weighted by Crippen LogP contribution is 2.39. The van der Waals surface area contributed by atoms with E-state index in [0.717, 1.165) is 37.0 Å². The monoisotopic (exact) mass is 364 g/mol. The van der Waals surface area contributed by atoms with Gasteiger partial charge >= 0.3 is 6.03 Å². The Morgan fingerprint density at radius 1 is 1.07 bits per heavy atom. The lowest BCUT2D eigenvalue weighted by molar-refractivity contribution is -0.134. The molecule has 140 valence electrons. The minimum atomic E-state index is -0.732. The van der Waals surface area contributed by atoms with E-state index in [9.17, 15) is 9.59 Å². The van der Waals surface area contributed by atoms with Crippen molar-refractivity contribution in [3.05, 3.63) is 60.2 Å². The maximum absolute atomic E-state index is 13.2. The van der Waals surface area contributed by atoms with Crippen LogP contribution in [0.25, 0.3) is 0 Å². The number of para-hydroxylation sites is 2. The van der Waals surface area contributed by atoms with Crippen LogP contribution < -0.4 is 10.1 Å². The largest absolute Gasteiger partial charge is 0.457 e. The summed E-state index contributed by atoms with van der Waals surface area (Å²) in [6, 6.07) is 16.7. The van der Waals surface area contributed by atoms with E-state index in [1.165, 1.54) is 4.90 Å². The fourth-order valence-electron chi connectivity index (χ4n) is 4.16. The SMILES string of the molecule is C[C@H]1CCCC[C@]12NC(=O)N(Cc1ccccc1Oc1ccccc1)C2=O. The number of carbonyl (C=O) groups is 2. The van der Waals surface area contributed by atoms with Crippen LogP contribution in [0.5, 0.6) is 11.5 Å². The van der Waals surface area contributed by atoms with Gasteiger partial charge < -0.3 is 10.1 Å². The summed E-state index contributed by atoms with van der Waals surface area (Å²) in [6.07, 6.45) is 3.77. The predicted octanol–water partition coefficient (Wildman–Crippen LogP) is 4.48. The van der Waals surface area contributed by atoms with Crippen molar-refractivity contribution in [2.45, 2.75) is 44.7 Å². The van der Waals surface area contributed by atoms with Gasteiger partial charge in [-0.25, -0.2) is 4.79 Å². The van der Waals surface area contributed by atoms with Gasteiger partial charge in [-0.05, 0) is 37.0 Å². The third-order valence-corrected chi connectivity index (χ3v) is 5.77. The fraction of sp³-hybridized carbons (Fsp3) is 0.364. The smallest absolute Gasteiger partial charge is 0.325 e. The maximum Gasteiger partial charge on any atom is 0.325 e. The Morgan fingerprint density at radius 3 is 2.59 bits per heavy atom. The Balaban J connectivity index is 1.58. The molecule has 5 nitrogen and oxygen atoms in total. The highest BCUT2D eigenvalue weighted by Gasteiger charge is 2.54. The molecule has 3 amide bonds. The lowest BCUT2D eigenvalue weighted by Crippen LogP contribution is -2.53. The van der Waals surface area contributed by atoms with Crippen molar-refractivity contribution in [3.8, 4) is 11.5 Å².